The van der Waals surface area contributed by atoms with E-state index in [-0.39, 0.29) is 0 Å². The van der Waals surface area contributed by atoms with Crippen molar-refractivity contribution in [1.82, 2.24) is 4.98 Å². The molecule has 2 nitrogen and oxygen atoms in total. The molecule has 0 aliphatic heterocycles. The molecule has 0 bridgehead atoms. The number of hydrogen-bond acceptors (Lipinski definition) is 2. The summed E-state index contributed by atoms with van der Waals surface area (Å²) in [5.41, 5.74) is 1.10. The second kappa shape index (κ2) is 4.86. The highest BCUT2D eigenvalue weighted by molar-refractivity contribution is 5.36. The van der Waals surface area contributed by atoms with Gasteiger partial charge in [0, 0.05) is 11.8 Å². The average molecular weight is 245 g/mol. The Hall–Kier alpha value is -1.74. The zero-order valence-corrected chi connectivity index (χ0v) is 10.5. The zero-order chi connectivity index (χ0) is 13.2. The SMILES string of the molecule is CCc1cccc(C(C)(O)c2cncc(F)c2)c1. The van der Waals surface area contributed by atoms with E-state index in [1.54, 1.807) is 6.92 Å². The first-order chi connectivity index (χ1) is 8.54. The Kier molecular flexibility index (Phi) is 3.43. The highest BCUT2D eigenvalue weighted by Gasteiger charge is 2.26. The first-order valence-corrected chi connectivity index (χ1v) is 5.97. The molecule has 3 heteroatoms. The van der Waals surface area contributed by atoms with E-state index in [1.807, 2.05) is 24.3 Å². The predicted molar refractivity (Wildman–Crippen MR) is 68.7 cm³/mol. The van der Waals surface area contributed by atoms with Crippen molar-refractivity contribution in [3.8, 4) is 0 Å². The molecule has 2 aromatic rings. The molecular formula is C15H16FNO. The van der Waals surface area contributed by atoms with E-state index in [0.29, 0.717) is 5.56 Å². The number of pyridine rings is 1. The van der Waals surface area contributed by atoms with E-state index < -0.39 is 11.4 Å². The number of benzene rings is 1. The molecule has 0 saturated heterocycles. The van der Waals surface area contributed by atoms with Gasteiger partial charge >= 0.3 is 0 Å². The zero-order valence-electron chi connectivity index (χ0n) is 10.5. The van der Waals surface area contributed by atoms with Crippen molar-refractivity contribution in [2.75, 3.05) is 0 Å². The van der Waals surface area contributed by atoms with Crippen LogP contribution < -0.4 is 0 Å². The maximum Gasteiger partial charge on any atom is 0.141 e. The molecule has 1 N–H and O–H groups in total. The summed E-state index contributed by atoms with van der Waals surface area (Å²) in [4.78, 5) is 3.78. The van der Waals surface area contributed by atoms with Crippen molar-refractivity contribution in [2.45, 2.75) is 25.9 Å². The minimum Gasteiger partial charge on any atom is -0.381 e. The van der Waals surface area contributed by atoms with Gasteiger partial charge in [0.1, 0.15) is 11.4 Å². The molecule has 0 fully saturated rings. The Balaban J connectivity index is 2.46. The van der Waals surface area contributed by atoms with Gasteiger partial charge in [0.2, 0.25) is 0 Å². The lowest BCUT2D eigenvalue weighted by Crippen LogP contribution is -2.23. The van der Waals surface area contributed by atoms with Gasteiger partial charge in [-0.25, -0.2) is 4.39 Å². The second-order valence-electron chi connectivity index (χ2n) is 4.52. The van der Waals surface area contributed by atoms with E-state index in [2.05, 4.69) is 11.9 Å². The lowest BCUT2D eigenvalue weighted by Gasteiger charge is -2.24. The number of halogens is 1. The summed E-state index contributed by atoms with van der Waals surface area (Å²) in [5, 5.41) is 10.6. The summed E-state index contributed by atoms with van der Waals surface area (Å²) in [6.45, 7) is 3.70. The third-order valence-corrected chi connectivity index (χ3v) is 3.16. The number of aryl methyl sites for hydroxylation is 1. The molecule has 0 spiro atoms. The van der Waals surface area contributed by atoms with Crippen LogP contribution in [0, 0.1) is 5.82 Å². The number of nitrogens with zero attached hydrogens (tertiary/aromatic N) is 1. The summed E-state index contributed by atoms with van der Waals surface area (Å²) in [5.74, 6) is -0.445. The molecule has 0 aliphatic rings. The fourth-order valence-corrected chi connectivity index (χ4v) is 1.94. The smallest absolute Gasteiger partial charge is 0.141 e. The van der Waals surface area contributed by atoms with E-state index in [9.17, 15) is 9.50 Å². The van der Waals surface area contributed by atoms with E-state index in [0.717, 1.165) is 23.7 Å². The van der Waals surface area contributed by atoms with Gasteiger partial charge in [-0.1, -0.05) is 31.2 Å². The minimum absolute atomic E-state index is 0.445. The summed E-state index contributed by atoms with van der Waals surface area (Å²) in [6, 6.07) is 8.99. The lowest BCUT2D eigenvalue weighted by molar-refractivity contribution is 0.101. The number of rotatable bonds is 3. The normalized spacial score (nSPS) is 14.2. The van der Waals surface area contributed by atoms with E-state index in [1.165, 1.54) is 12.3 Å². The predicted octanol–water partition coefficient (Wildman–Crippen LogP) is 3.04. The molecule has 94 valence electrons. The number of hydrogen-bond donors (Lipinski definition) is 1. The average Bonchev–Trinajstić information content (AvgIpc) is 2.39. The van der Waals surface area contributed by atoms with Crippen LogP contribution in [-0.2, 0) is 12.0 Å². The Morgan fingerprint density at radius 2 is 2.00 bits per heavy atom. The Labute approximate surface area is 106 Å². The minimum atomic E-state index is -1.24. The van der Waals surface area contributed by atoms with Gasteiger partial charge in [-0.3, -0.25) is 4.98 Å². The summed E-state index contributed by atoms with van der Waals surface area (Å²) < 4.78 is 13.2. The van der Waals surface area contributed by atoms with Gasteiger partial charge in [-0.15, -0.1) is 0 Å². The molecule has 0 radical (unpaired) electrons. The van der Waals surface area contributed by atoms with Crippen molar-refractivity contribution in [1.29, 1.82) is 0 Å². The van der Waals surface area contributed by atoms with Crippen LogP contribution in [0.3, 0.4) is 0 Å². The molecule has 1 unspecified atom stereocenters. The Morgan fingerprint density at radius 1 is 1.22 bits per heavy atom. The van der Waals surface area contributed by atoms with Gasteiger partial charge in [-0.05, 0) is 30.5 Å². The second-order valence-corrected chi connectivity index (χ2v) is 4.52. The number of aromatic nitrogens is 1. The first kappa shape index (κ1) is 12.7. The van der Waals surface area contributed by atoms with Crippen molar-refractivity contribution in [2.24, 2.45) is 0 Å². The van der Waals surface area contributed by atoms with Crippen LogP contribution in [0.5, 0.6) is 0 Å². The van der Waals surface area contributed by atoms with Crippen LogP contribution in [0.4, 0.5) is 4.39 Å². The summed E-state index contributed by atoms with van der Waals surface area (Å²) in [6.07, 6.45) is 3.51. The van der Waals surface area contributed by atoms with Crippen molar-refractivity contribution in [3.63, 3.8) is 0 Å². The van der Waals surface area contributed by atoms with Crippen molar-refractivity contribution in [3.05, 3.63) is 65.2 Å². The van der Waals surface area contributed by atoms with Gasteiger partial charge in [0.25, 0.3) is 0 Å². The van der Waals surface area contributed by atoms with Crippen LogP contribution in [-0.4, -0.2) is 10.1 Å². The van der Waals surface area contributed by atoms with Gasteiger partial charge in [-0.2, -0.15) is 0 Å². The maximum atomic E-state index is 13.2. The van der Waals surface area contributed by atoms with Crippen LogP contribution in [0.1, 0.15) is 30.5 Å². The standard InChI is InChI=1S/C15H16FNO/c1-3-11-5-4-6-12(7-11)15(2,18)13-8-14(16)10-17-9-13/h4-10,18H,3H2,1-2H3. The molecule has 0 saturated carbocycles. The highest BCUT2D eigenvalue weighted by Crippen LogP contribution is 2.29. The molecule has 1 heterocycles. The van der Waals surface area contributed by atoms with Crippen molar-refractivity contribution < 1.29 is 9.50 Å². The molecule has 1 atom stereocenters. The van der Waals surface area contributed by atoms with Gasteiger partial charge in [0.05, 0.1) is 6.20 Å². The van der Waals surface area contributed by atoms with Crippen LogP contribution in [0.15, 0.2) is 42.7 Å². The fourth-order valence-electron chi connectivity index (χ4n) is 1.94. The maximum absolute atomic E-state index is 13.2. The molecule has 1 aromatic carbocycles. The van der Waals surface area contributed by atoms with Gasteiger partial charge in [0.15, 0.2) is 0 Å². The molecule has 0 aliphatic carbocycles. The van der Waals surface area contributed by atoms with E-state index in [4.69, 9.17) is 0 Å². The Bertz CT molecular complexity index is 552. The number of aliphatic hydroxyl groups is 1. The third kappa shape index (κ3) is 2.41. The van der Waals surface area contributed by atoms with Crippen molar-refractivity contribution >= 4 is 0 Å². The Morgan fingerprint density at radius 3 is 2.67 bits per heavy atom. The van der Waals surface area contributed by atoms with Crippen LogP contribution in [0.25, 0.3) is 0 Å². The topological polar surface area (TPSA) is 33.1 Å². The summed E-state index contributed by atoms with van der Waals surface area (Å²) in [7, 11) is 0. The molecule has 1 aromatic heterocycles. The fraction of sp³-hybridized carbons (Fsp3) is 0.267. The van der Waals surface area contributed by atoms with Crippen LogP contribution >= 0.6 is 0 Å². The highest BCUT2D eigenvalue weighted by atomic mass is 19.1. The largest absolute Gasteiger partial charge is 0.381 e. The lowest BCUT2D eigenvalue weighted by atomic mass is 9.88. The first-order valence-electron chi connectivity index (χ1n) is 5.97. The molecular weight excluding hydrogens is 229 g/mol. The molecule has 0 amide bonds. The third-order valence-electron chi connectivity index (χ3n) is 3.16. The monoisotopic (exact) mass is 245 g/mol. The molecule has 18 heavy (non-hydrogen) atoms. The van der Waals surface area contributed by atoms with Crippen LogP contribution in [0.2, 0.25) is 0 Å². The van der Waals surface area contributed by atoms with Gasteiger partial charge < -0.3 is 5.11 Å². The summed E-state index contributed by atoms with van der Waals surface area (Å²) >= 11 is 0. The molecule has 2 rings (SSSR count). The quantitative estimate of drug-likeness (QED) is 0.901. The van der Waals surface area contributed by atoms with E-state index >= 15 is 0 Å².